The summed E-state index contributed by atoms with van der Waals surface area (Å²) in [6.45, 7) is 8.50. The summed E-state index contributed by atoms with van der Waals surface area (Å²) in [6, 6.07) is 0. The first-order valence-electron chi connectivity index (χ1n) is 7.46. The molecule has 1 atom stereocenters. The maximum absolute atomic E-state index is 10.6. The number of hydrogen-bond donors (Lipinski definition) is 1. The van der Waals surface area contributed by atoms with E-state index in [2.05, 4.69) is 25.4 Å². The molecule has 0 amide bonds. The second-order valence-electron chi connectivity index (χ2n) is 7.05. The average Bonchev–Trinajstić information content (AvgIpc) is 3.11. The van der Waals surface area contributed by atoms with Crippen LogP contribution in [0.1, 0.15) is 38.9 Å². The van der Waals surface area contributed by atoms with Crippen molar-refractivity contribution in [3.8, 4) is 0 Å². The maximum Gasteiger partial charge on any atom is 0.240 e. The highest BCUT2D eigenvalue weighted by Crippen LogP contribution is 2.25. The molecule has 1 unspecified atom stereocenters. The molecule has 3 heterocycles. The van der Waals surface area contributed by atoms with Gasteiger partial charge < -0.3 is 9.63 Å². The van der Waals surface area contributed by atoms with E-state index in [-0.39, 0.29) is 5.41 Å². The van der Waals surface area contributed by atoms with E-state index in [1.165, 1.54) is 0 Å². The fraction of sp³-hybridized carbons (Fsp3) is 0.714. The third kappa shape index (κ3) is 3.33. The minimum Gasteiger partial charge on any atom is -0.387 e. The fourth-order valence-corrected chi connectivity index (χ4v) is 2.64. The highest BCUT2D eigenvalue weighted by atomic mass is 16.5. The van der Waals surface area contributed by atoms with Gasteiger partial charge >= 0.3 is 0 Å². The molecule has 0 aliphatic carbocycles. The molecule has 0 aromatic carbocycles. The molecule has 1 aliphatic heterocycles. The Morgan fingerprint density at radius 1 is 1.41 bits per heavy atom. The number of aromatic nitrogens is 5. The van der Waals surface area contributed by atoms with Crippen molar-refractivity contribution in [1.82, 2.24) is 30.0 Å². The zero-order valence-electron chi connectivity index (χ0n) is 13.2. The topological polar surface area (TPSA) is 93.1 Å². The van der Waals surface area contributed by atoms with Gasteiger partial charge in [0.25, 0.3) is 0 Å². The first-order chi connectivity index (χ1) is 10.3. The van der Waals surface area contributed by atoms with E-state index in [9.17, 15) is 5.11 Å². The Balaban J connectivity index is 1.60. The molecule has 1 N–H and O–H groups in total. The lowest BCUT2D eigenvalue weighted by atomic mass is 9.96. The number of rotatable bonds is 4. The highest BCUT2D eigenvalue weighted by Gasteiger charge is 2.37. The van der Waals surface area contributed by atoms with Gasteiger partial charge in [-0.15, -0.1) is 5.10 Å². The monoisotopic (exact) mass is 306 g/mol. The Kier molecular flexibility index (Phi) is 3.73. The molecule has 0 radical (unpaired) electrons. The zero-order valence-corrected chi connectivity index (χ0v) is 13.2. The smallest absolute Gasteiger partial charge is 0.240 e. The summed E-state index contributed by atoms with van der Waals surface area (Å²) in [7, 11) is 0. The molecule has 0 saturated carbocycles. The van der Waals surface area contributed by atoms with E-state index in [4.69, 9.17) is 4.52 Å². The van der Waals surface area contributed by atoms with Crippen molar-refractivity contribution in [3.63, 3.8) is 0 Å². The van der Waals surface area contributed by atoms with Crippen LogP contribution in [0.4, 0.5) is 0 Å². The van der Waals surface area contributed by atoms with Gasteiger partial charge in [0.05, 0.1) is 24.9 Å². The molecule has 2 aromatic heterocycles. The van der Waals surface area contributed by atoms with E-state index in [0.717, 1.165) is 6.54 Å². The lowest BCUT2D eigenvalue weighted by molar-refractivity contribution is 0.0265. The van der Waals surface area contributed by atoms with Crippen LogP contribution < -0.4 is 0 Å². The van der Waals surface area contributed by atoms with Crippen molar-refractivity contribution in [2.45, 2.75) is 51.3 Å². The Morgan fingerprint density at radius 3 is 2.86 bits per heavy atom. The Bertz CT molecular complexity index is 618. The van der Waals surface area contributed by atoms with Gasteiger partial charge in [-0.1, -0.05) is 31.1 Å². The van der Waals surface area contributed by atoms with Crippen molar-refractivity contribution in [3.05, 3.63) is 24.1 Å². The van der Waals surface area contributed by atoms with E-state index in [0.29, 0.717) is 37.8 Å². The summed E-state index contributed by atoms with van der Waals surface area (Å²) in [4.78, 5) is 6.56. The molecule has 8 heteroatoms. The SMILES string of the molecule is CC(C)(C)c1noc(CN2CCC(O)(Cn3ccnn3)C2)n1. The molecule has 1 aliphatic rings. The third-order valence-electron chi connectivity index (χ3n) is 3.84. The van der Waals surface area contributed by atoms with Crippen molar-refractivity contribution < 1.29 is 9.63 Å². The second kappa shape index (κ2) is 5.44. The molecule has 0 bridgehead atoms. The molecular formula is C14H22N6O2. The van der Waals surface area contributed by atoms with Gasteiger partial charge in [-0.25, -0.2) is 4.68 Å². The summed E-state index contributed by atoms with van der Waals surface area (Å²) in [5, 5.41) is 22.4. The van der Waals surface area contributed by atoms with Gasteiger partial charge in [0.1, 0.15) is 0 Å². The van der Waals surface area contributed by atoms with Gasteiger partial charge in [-0.3, -0.25) is 4.90 Å². The molecule has 120 valence electrons. The predicted molar refractivity (Wildman–Crippen MR) is 77.9 cm³/mol. The van der Waals surface area contributed by atoms with Crippen LogP contribution in [0.25, 0.3) is 0 Å². The number of β-amino-alcohol motifs (C(OH)–C–C–N with tert-alkyl or cyclic N) is 1. The van der Waals surface area contributed by atoms with Crippen molar-refractivity contribution in [2.75, 3.05) is 13.1 Å². The zero-order chi connectivity index (χ0) is 15.8. The summed E-state index contributed by atoms with van der Waals surface area (Å²) in [5.41, 5.74) is -0.916. The lowest BCUT2D eigenvalue weighted by Crippen LogP contribution is -2.37. The summed E-state index contributed by atoms with van der Waals surface area (Å²) < 4.78 is 6.98. The largest absolute Gasteiger partial charge is 0.387 e. The Labute approximate surface area is 129 Å². The van der Waals surface area contributed by atoms with E-state index in [1.54, 1.807) is 17.1 Å². The van der Waals surface area contributed by atoms with Crippen LogP contribution in [0, 0.1) is 0 Å². The van der Waals surface area contributed by atoms with Crippen LogP contribution in [0.15, 0.2) is 16.9 Å². The van der Waals surface area contributed by atoms with Crippen LogP contribution in [-0.4, -0.2) is 53.8 Å². The number of nitrogens with zero attached hydrogens (tertiary/aromatic N) is 6. The summed E-state index contributed by atoms with van der Waals surface area (Å²) in [5.74, 6) is 1.30. The minimum absolute atomic E-state index is 0.124. The number of aliphatic hydroxyl groups is 1. The minimum atomic E-state index is -0.791. The van der Waals surface area contributed by atoms with Gasteiger partial charge in [0, 0.05) is 24.7 Å². The van der Waals surface area contributed by atoms with Gasteiger partial charge in [-0.2, -0.15) is 4.98 Å². The summed E-state index contributed by atoms with van der Waals surface area (Å²) >= 11 is 0. The molecule has 2 aromatic rings. The van der Waals surface area contributed by atoms with Crippen molar-refractivity contribution >= 4 is 0 Å². The van der Waals surface area contributed by atoms with E-state index < -0.39 is 5.60 Å². The summed E-state index contributed by atoms with van der Waals surface area (Å²) in [6.07, 6.45) is 4.06. The first-order valence-corrected chi connectivity index (χ1v) is 7.46. The van der Waals surface area contributed by atoms with Crippen LogP contribution in [-0.2, 0) is 18.5 Å². The molecular weight excluding hydrogens is 284 g/mol. The van der Waals surface area contributed by atoms with Crippen molar-refractivity contribution in [2.24, 2.45) is 0 Å². The molecule has 0 spiro atoms. The van der Waals surface area contributed by atoms with Gasteiger partial charge in [-0.05, 0) is 6.42 Å². The first kappa shape index (κ1) is 15.1. The number of hydrogen-bond acceptors (Lipinski definition) is 7. The third-order valence-corrected chi connectivity index (χ3v) is 3.84. The van der Waals surface area contributed by atoms with E-state index in [1.807, 2.05) is 20.8 Å². The standard InChI is InChI=1S/C14H22N6O2/c1-13(2,3)12-16-11(22-17-12)8-19-6-4-14(21,9-19)10-20-7-5-15-18-20/h5,7,21H,4,6,8-10H2,1-3H3. The Hall–Kier alpha value is -1.80. The van der Waals surface area contributed by atoms with Crippen molar-refractivity contribution in [1.29, 1.82) is 0 Å². The average molecular weight is 306 g/mol. The molecule has 3 rings (SSSR count). The fourth-order valence-electron chi connectivity index (χ4n) is 2.64. The second-order valence-corrected chi connectivity index (χ2v) is 7.05. The molecule has 22 heavy (non-hydrogen) atoms. The quantitative estimate of drug-likeness (QED) is 0.883. The molecule has 1 fully saturated rings. The predicted octanol–water partition coefficient (Wildman–Crippen LogP) is 0.596. The van der Waals surface area contributed by atoms with Crippen LogP contribution in [0.3, 0.4) is 0 Å². The highest BCUT2D eigenvalue weighted by molar-refractivity contribution is 5.00. The molecule has 1 saturated heterocycles. The van der Waals surface area contributed by atoms with Crippen LogP contribution in [0.5, 0.6) is 0 Å². The van der Waals surface area contributed by atoms with Crippen LogP contribution >= 0.6 is 0 Å². The van der Waals surface area contributed by atoms with Crippen LogP contribution in [0.2, 0.25) is 0 Å². The van der Waals surface area contributed by atoms with Gasteiger partial charge in [0.15, 0.2) is 5.82 Å². The lowest BCUT2D eigenvalue weighted by Gasteiger charge is -2.22. The normalized spacial score (nSPS) is 23.3. The van der Waals surface area contributed by atoms with Gasteiger partial charge in [0.2, 0.25) is 5.89 Å². The van der Waals surface area contributed by atoms with E-state index >= 15 is 0 Å². The maximum atomic E-state index is 10.6. The Morgan fingerprint density at radius 2 is 2.23 bits per heavy atom. The number of likely N-dealkylation sites (tertiary alicyclic amines) is 1. The molecule has 8 nitrogen and oxygen atoms in total.